The molecular weight excluding hydrogens is 450 g/mol. The minimum absolute atomic E-state index is 1.11. The summed E-state index contributed by atoms with van der Waals surface area (Å²) >= 11 is 0. The van der Waals surface area contributed by atoms with Crippen LogP contribution in [-0.4, -0.2) is 14.4 Å². The van der Waals surface area contributed by atoms with Crippen molar-refractivity contribution in [1.29, 1.82) is 0 Å². The van der Waals surface area contributed by atoms with E-state index in [2.05, 4.69) is 117 Å². The van der Waals surface area contributed by atoms with Crippen molar-refractivity contribution in [1.82, 2.24) is 14.4 Å². The molecule has 0 fully saturated rings. The molecule has 0 aliphatic rings. The number of hydrogen-bond donors (Lipinski definition) is 0. The molecular formula is C34H21N3. The predicted molar refractivity (Wildman–Crippen MR) is 153 cm³/mol. The van der Waals surface area contributed by atoms with Crippen molar-refractivity contribution in [3.05, 3.63) is 128 Å². The number of hydrogen-bond acceptors (Lipinski definition) is 2. The van der Waals surface area contributed by atoms with Gasteiger partial charge < -0.3 is 4.40 Å². The van der Waals surface area contributed by atoms with E-state index in [0.29, 0.717) is 0 Å². The maximum absolute atomic E-state index is 4.46. The Bertz CT molecular complexity index is 1930. The summed E-state index contributed by atoms with van der Waals surface area (Å²) in [7, 11) is 0. The second-order valence-electron chi connectivity index (χ2n) is 9.50. The number of fused-ring (bicyclic) bond motifs is 6. The minimum atomic E-state index is 1.11. The molecule has 0 aliphatic carbocycles. The Morgan fingerprint density at radius 1 is 0.459 bits per heavy atom. The second-order valence-corrected chi connectivity index (χ2v) is 9.50. The van der Waals surface area contributed by atoms with Crippen LogP contribution in [0, 0.1) is 0 Å². The van der Waals surface area contributed by atoms with Gasteiger partial charge in [0.05, 0.1) is 28.9 Å². The zero-order valence-electron chi connectivity index (χ0n) is 20.0. The van der Waals surface area contributed by atoms with Gasteiger partial charge in [0.25, 0.3) is 0 Å². The molecule has 0 atom stereocenters. The third-order valence-electron chi connectivity index (χ3n) is 7.52. The number of benzene rings is 4. The second kappa shape index (κ2) is 7.74. The molecule has 4 aromatic heterocycles. The summed E-state index contributed by atoms with van der Waals surface area (Å²) in [5.74, 6) is 0. The lowest BCUT2D eigenvalue weighted by Gasteiger charge is -2.17. The van der Waals surface area contributed by atoms with E-state index in [-0.39, 0.29) is 0 Å². The van der Waals surface area contributed by atoms with Gasteiger partial charge in [-0.15, -0.1) is 0 Å². The minimum Gasteiger partial charge on any atom is -0.305 e. The summed E-state index contributed by atoms with van der Waals surface area (Å²) in [6.45, 7) is 0. The normalized spacial score (nSPS) is 11.8. The van der Waals surface area contributed by atoms with Crippen LogP contribution in [0.3, 0.4) is 0 Å². The van der Waals surface area contributed by atoms with Crippen LogP contribution in [0.25, 0.3) is 71.5 Å². The topological polar surface area (TPSA) is 30.2 Å². The Hall–Kier alpha value is -5.02. The first kappa shape index (κ1) is 20.2. The van der Waals surface area contributed by atoms with E-state index < -0.39 is 0 Å². The lowest BCUT2D eigenvalue weighted by Crippen LogP contribution is -1.91. The van der Waals surface area contributed by atoms with Crippen molar-refractivity contribution < 1.29 is 0 Å². The van der Waals surface area contributed by atoms with E-state index >= 15 is 0 Å². The van der Waals surface area contributed by atoms with Gasteiger partial charge in [0.15, 0.2) is 0 Å². The fourth-order valence-electron chi connectivity index (χ4n) is 5.97. The van der Waals surface area contributed by atoms with Gasteiger partial charge in [-0.05, 0) is 57.6 Å². The SMILES string of the molecule is c1ccc(-c2cccc(-c3ccccc3)c2-c2cc3c4ccncc4n4c5cnccc5c(c2)c34)cc1. The van der Waals surface area contributed by atoms with Crippen LogP contribution in [0.5, 0.6) is 0 Å². The quantitative estimate of drug-likeness (QED) is 0.258. The summed E-state index contributed by atoms with van der Waals surface area (Å²) in [5, 5.41) is 4.90. The molecule has 0 spiro atoms. The molecule has 37 heavy (non-hydrogen) atoms. The van der Waals surface area contributed by atoms with Gasteiger partial charge in [-0.1, -0.05) is 78.9 Å². The van der Waals surface area contributed by atoms with Crippen molar-refractivity contribution in [2.75, 3.05) is 0 Å². The highest BCUT2D eigenvalue weighted by atomic mass is 14.9. The Morgan fingerprint density at radius 2 is 0.973 bits per heavy atom. The zero-order chi connectivity index (χ0) is 24.3. The molecule has 0 amide bonds. The molecule has 0 radical (unpaired) electrons. The van der Waals surface area contributed by atoms with E-state index in [9.17, 15) is 0 Å². The monoisotopic (exact) mass is 471 g/mol. The van der Waals surface area contributed by atoms with Gasteiger partial charge in [-0.25, -0.2) is 0 Å². The summed E-state index contributed by atoms with van der Waals surface area (Å²) in [4.78, 5) is 8.92. The highest BCUT2D eigenvalue weighted by molar-refractivity contribution is 6.24. The van der Waals surface area contributed by atoms with Crippen LogP contribution >= 0.6 is 0 Å². The lowest BCUT2D eigenvalue weighted by molar-refractivity contribution is 1.27. The molecule has 4 heterocycles. The average Bonchev–Trinajstić information content (AvgIpc) is 3.49. The van der Waals surface area contributed by atoms with Crippen molar-refractivity contribution in [3.8, 4) is 33.4 Å². The summed E-state index contributed by atoms with van der Waals surface area (Å²) < 4.78 is 2.32. The van der Waals surface area contributed by atoms with Gasteiger partial charge in [-0.2, -0.15) is 0 Å². The Morgan fingerprint density at radius 3 is 1.49 bits per heavy atom. The molecule has 8 rings (SSSR count). The zero-order valence-corrected chi connectivity index (χ0v) is 20.0. The van der Waals surface area contributed by atoms with E-state index in [1.54, 1.807) is 0 Å². The van der Waals surface area contributed by atoms with E-state index in [0.717, 1.165) is 11.0 Å². The molecule has 0 bridgehead atoms. The lowest BCUT2D eigenvalue weighted by atomic mass is 9.86. The summed E-state index contributed by atoms with van der Waals surface area (Å²) in [6, 6.07) is 37.0. The van der Waals surface area contributed by atoms with E-state index in [4.69, 9.17) is 0 Å². The molecule has 3 nitrogen and oxygen atoms in total. The van der Waals surface area contributed by atoms with E-state index in [1.165, 1.54) is 60.4 Å². The first-order valence-electron chi connectivity index (χ1n) is 12.5. The Kier molecular flexibility index (Phi) is 4.23. The Labute approximate surface area is 213 Å². The molecule has 0 saturated heterocycles. The predicted octanol–water partition coefficient (Wildman–Crippen LogP) is 8.63. The molecule has 0 N–H and O–H groups in total. The largest absolute Gasteiger partial charge is 0.305 e. The number of nitrogens with zero attached hydrogens (tertiary/aromatic N) is 3. The fraction of sp³-hybridized carbons (Fsp3) is 0. The molecule has 3 heteroatoms. The molecule has 4 aromatic carbocycles. The van der Waals surface area contributed by atoms with Crippen LogP contribution < -0.4 is 0 Å². The highest BCUT2D eigenvalue weighted by Crippen LogP contribution is 2.45. The maximum atomic E-state index is 4.46. The van der Waals surface area contributed by atoms with Gasteiger partial charge >= 0.3 is 0 Å². The molecule has 0 saturated carbocycles. The number of rotatable bonds is 3. The van der Waals surface area contributed by atoms with Crippen molar-refractivity contribution in [3.63, 3.8) is 0 Å². The van der Waals surface area contributed by atoms with Crippen molar-refractivity contribution in [2.45, 2.75) is 0 Å². The number of aromatic nitrogens is 3. The average molecular weight is 472 g/mol. The standard InChI is InChI=1S/C34H21N3/c1-3-8-22(9-4-1)25-12-7-13-26(23-10-5-2-6-11-23)33(25)24-18-29-27-14-16-35-20-31(27)37-32-21-36-17-15-28(32)30(19-24)34(29)37/h1-21H. The van der Waals surface area contributed by atoms with Crippen LogP contribution in [0.2, 0.25) is 0 Å². The van der Waals surface area contributed by atoms with Crippen molar-refractivity contribution >= 4 is 38.1 Å². The van der Waals surface area contributed by atoms with Gasteiger partial charge in [0.2, 0.25) is 0 Å². The molecule has 172 valence electrons. The fourth-order valence-corrected chi connectivity index (χ4v) is 5.97. The van der Waals surface area contributed by atoms with E-state index in [1.807, 2.05) is 24.8 Å². The smallest absolute Gasteiger partial charge is 0.0725 e. The van der Waals surface area contributed by atoms with Crippen molar-refractivity contribution in [2.24, 2.45) is 0 Å². The van der Waals surface area contributed by atoms with Gasteiger partial charge in [0, 0.05) is 33.9 Å². The first-order valence-corrected chi connectivity index (χ1v) is 12.5. The van der Waals surface area contributed by atoms with Gasteiger partial charge in [0.1, 0.15) is 0 Å². The number of pyridine rings is 2. The van der Waals surface area contributed by atoms with Crippen LogP contribution in [-0.2, 0) is 0 Å². The molecule has 0 aliphatic heterocycles. The Balaban J connectivity index is 1.56. The van der Waals surface area contributed by atoms with Crippen LogP contribution in [0.4, 0.5) is 0 Å². The summed E-state index contributed by atoms with van der Waals surface area (Å²) in [5.41, 5.74) is 10.8. The third-order valence-corrected chi connectivity index (χ3v) is 7.52. The highest BCUT2D eigenvalue weighted by Gasteiger charge is 2.21. The summed E-state index contributed by atoms with van der Waals surface area (Å²) in [6.07, 6.45) is 7.71. The first-order chi connectivity index (χ1) is 18.4. The van der Waals surface area contributed by atoms with Crippen LogP contribution in [0.15, 0.2) is 128 Å². The van der Waals surface area contributed by atoms with Gasteiger partial charge in [-0.3, -0.25) is 9.97 Å². The molecule has 0 unspecified atom stereocenters. The van der Waals surface area contributed by atoms with Crippen LogP contribution in [0.1, 0.15) is 0 Å². The maximum Gasteiger partial charge on any atom is 0.0725 e. The molecule has 8 aromatic rings. The third kappa shape index (κ3) is 2.88.